The Hall–Kier alpha value is -1.89. The van der Waals surface area contributed by atoms with E-state index in [4.69, 9.17) is 14.2 Å². The molecule has 15 atom stereocenters. The first-order valence-corrected chi connectivity index (χ1v) is 19.6. The predicted molar refractivity (Wildman–Crippen MR) is 193 cm³/mol. The Bertz CT molecular complexity index is 1520. The van der Waals surface area contributed by atoms with Crippen LogP contribution in [-0.4, -0.2) is 93.2 Å². The average Bonchev–Trinajstić information content (AvgIpc) is 3.12. The maximum atomic E-state index is 13.1. The first kappa shape index (κ1) is 38.4. The highest BCUT2D eigenvalue weighted by Crippen LogP contribution is 2.76. The van der Waals surface area contributed by atoms with E-state index in [1.165, 1.54) is 5.57 Å². The molecule has 290 valence electrons. The minimum absolute atomic E-state index is 0.0218. The van der Waals surface area contributed by atoms with Crippen molar-refractivity contribution in [2.45, 2.75) is 136 Å². The maximum absolute atomic E-state index is 13.1. The van der Waals surface area contributed by atoms with Crippen LogP contribution in [0.25, 0.3) is 0 Å². The number of aliphatic hydroxyl groups excluding tert-OH is 5. The van der Waals surface area contributed by atoms with E-state index in [2.05, 4.69) is 40.7 Å². The molecule has 52 heavy (non-hydrogen) atoms. The zero-order valence-electron chi connectivity index (χ0n) is 31.7. The molecule has 6 N–H and O–H groups in total. The molecule has 1 saturated heterocycles. The summed E-state index contributed by atoms with van der Waals surface area (Å²) in [4.78, 5) is 13.1. The summed E-state index contributed by atoms with van der Waals surface area (Å²) in [5.74, 6) is -0.593. The molecule has 6 aliphatic rings. The fourth-order valence-corrected chi connectivity index (χ4v) is 13.0. The van der Waals surface area contributed by atoms with Crippen molar-refractivity contribution in [1.82, 2.24) is 0 Å². The van der Waals surface area contributed by atoms with Crippen LogP contribution in [-0.2, 0) is 25.6 Å². The molecule has 5 aliphatic carbocycles. The standard InChI is InChI=1S/C42H62O10/c1-37(23-43)15-17-42(36(48)49)18-16-40(4)26(27(42)19-37)11-12-31-38(2)20-29(50-21-25-9-7-6-8-10-25)34(52-35-33(47)32(46)28(45)22-51-35)39(3,24-44)30(38)13-14-41(31,40)5/h6-11,27-35,43-47H,12-24H2,1-5H3,(H,48,49)/t27-,28+,29+,30+,31-,32-,33+,34+,35+,37+,38-,39-,40-,41+,42+/m0/s1. The van der Waals surface area contributed by atoms with Crippen LogP contribution in [0.1, 0.15) is 98.0 Å². The van der Waals surface area contributed by atoms with E-state index >= 15 is 0 Å². The molecule has 0 amide bonds. The lowest BCUT2D eigenvalue weighted by Crippen LogP contribution is -2.69. The van der Waals surface area contributed by atoms with Gasteiger partial charge >= 0.3 is 5.97 Å². The second-order valence-electron chi connectivity index (χ2n) is 19.0. The van der Waals surface area contributed by atoms with Gasteiger partial charge in [-0.1, -0.05) is 76.6 Å². The SMILES string of the molecule is C[C@@]1(CO)CC[C@@]2(C(=O)O)CC[C@@]3(C)C(=CC[C@H]4[C@@]5(C)C[C@@H](OCc6ccccc6)[C@@H](O[C@H]6OC[C@@H](O)[C@H](O)[C@H]6O)[C@@](C)(CO)[C@@H]5CC[C@]43C)[C@@H]2C1. The number of carbonyl (C=O) groups is 1. The first-order chi connectivity index (χ1) is 24.5. The number of aliphatic carboxylic acids is 1. The van der Waals surface area contributed by atoms with Gasteiger partial charge < -0.3 is 44.8 Å². The van der Waals surface area contributed by atoms with E-state index < -0.39 is 53.6 Å². The van der Waals surface area contributed by atoms with E-state index in [1.807, 2.05) is 30.3 Å². The Morgan fingerprint density at radius 1 is 0.885 bits per heavy atom. The molecular weight excluding hydrogens is 664 g/mol. The van der Waals surface area contributed by atoms with Gasteiger partial charge in [-0.3, -0.25) is 4.79 Å². The van der Waals surface area contributed by atoms with Crippen LogP contribution in [0.3, 0.4) is 0 Å². The van der Waals surface area contributed by atoms with Crippen LogP contribution in [0, 0.1) is 50.2 Å². The Morgan fingerprint density at radius 2 is 1.60 bits per heavy atom. The van der Waals surface area contributed by atoms with Crippen molar-refractivity contribution in [1.29, 1.82) is 0 Å². The highest BCUT2D eigenvalue weighted by atomic mass is 16.7. The Balaban J connectivity index is 1.27. The van der Waals surface area contributed by atoms with Gasteiger partial charge in [0, 0.05) is 12.0 Å². The molecule has 1 aromatic carbocycles. The number of rotatable bonds is 8. The number of hydrogen-bond donors (Lipinski definition) is 6. The van der Waals surface area contributed by atoms with Crippen molar-refractivity contribution in [2.75, 3.05) is 19.8 Å². The number of carboxylic acids is 1. The van der Waals surface area contributed by atoms with Gasteiger partial charge in [0.05, 0.1) is 37.4 Å². The summed E-state index contributed by atoms with van der Waals surface area (Å²) in [7, 11) is 0. The summed E-state index contributed by atoms with van der Waals surface area (Å²) in [5, 5.41) is 64.3. The van der Waals surface area contributed by atoms with Gasteiger partial charge in [0.2, 0.25) is 0 Å². The van der Waals surface area contributed by atoms with E-state index in [9.17, 15) is 35.4 Å². The topological polar surface area (TPSA) is 166 Å². The summed E-state index contributed by atoms with van der Waals surface area (Å²) in [6.07, 6.45) is 2.46. The molecule has 4 saturated carbocycles. The van der Waals surface area contributed by atoms with Crippen molar-refractivity contribution < 1.29 is 49.6 Å². The number of aliphatic hydroxyl groups is 5. The summed E-state index contributed by atoms with van der Waals surface area (Å²) in [6, 6.07) is 9.93. The molecule has 1 aliphatic heterocycles. The third-order valence-electron chi connectivity index (χ3n) is 16.4. The number of ether oxygens (including phenoxy) is 3. The van der Waals surface area contributed by atoms with Gasteiger partial charge in [0.15, 0.2) is 6.29 Å². The quantitative estimate of drug-likeness (QED) is 0.161. The zero-order chi connectivity index (χ0) is 37.5. The predicted octanol–water partition coefficient (Wildman–Crippen LogP) is 4.84. The lowest BCUT2D eigenvalue weighted by Gasteiger charge is -2.72. The fraction of sp³-hybridized carbons (Fsp3) is 0.786. The van der Waals surface area contributed by atoms with Crippen molar-refractivity contribution in [3.63, 3.8) is 0 Å². The van der Waals surface area contributed by atoms with Gasteiger partial charge in [-0.15, -0.1) is 0 Å². The van der Waals surface area contributed by atoms with Crippen LogP contribution < -0.4 is 0 Å². The second-order valence-corrected chi connectivity index (χ2v) is 19.0. The number of carboxylic acid groups (broad SMARTS) is 1. The highest BCUT2D eigenvalue weighted by Gasteiger charge is 2.71. The van der Waals surface area contributed by atoms with Gasteiger partial charge in [0.1, 0.15) is 18.3 Å². The largest absolute Gasteiger partial charge is 0.481 e. The van der Waals surface area contributed by atoms with E-state index in [0.717, 1.165) is 31.2 Å². The average molecular weight is 727 g/mol. The first-order valence-electron chi connectivity index (χ1n) is 19.6. The Morgan fingerprint density at radius 3 is 2.27 bits per heavy atom. The zero-order valence-corrected chi connectivity index (χ0v) is 31.7. The third kappa shape index (κ3) is 5.60. The number of benzene rings is 1. The van der Waals surface area contributed by atoms with Crippen molar-refractivity contribution in [3.05, 3.63) is 47.5 Å². The summed E-state index contributed by atoms with van der Waals surface area (Å²) in [5.41, 5.74) is -0.319. The maximum Gasteiger partial charge on any atom is 0.310 e. The van der Waals surface area contributed by atoms with E-state index in [-0.39, 0.29) is 59.2 Å². The summed E-state index contributed by atoms with van der Waals surface area (Å²) in [6.45, 7) is 11.4. The Kier molecular flexibility index (Phi) is 9.89. The number of fused-ring (bicyclic) bond motifs is 7. The van der Waals surface area contributed by atoms with Crippen molar-refractivity contribution >= 4 is 5.97 Å². The lowest BCUT2D eigenvalue weighted by molar-refractivity contribution is -0.332. The molecule has 0 bridgehead atoms. The molecule has 0 spiro atoms. The Labute approximate surface area is 308 Å². The van der Waals surface area contributed by atoms with Gasteiger partial charge in [-0.25, -0.2) is 0 Å². The normalized spacial score (nSPS) is 50.2. The molecule has 10 nitrogen and oxygen atoms in total. The fourth-order valence-electron chi connectivity index (χ4n) is 13.0. The van der Waals surface area contributed by atoms with Gasteiger partial charge in [0.25, 0.3) is 0 Å². The van der Waals surface area contributed by atoms with E-state index in [0.29, 0.717) is 38.7 Å². The molecular formula is C42H62O10. The van der Waals surface area contributed by atoms with Crippen molar-refractivity contribution in [2.24, 2.45) is 50.2 Å². The number of allylic oxidation sites excluding steroid dienone is 2. The van der Waals surface area contributed by atoms with Crippen LogP contribution in [0.15, 0.2) is 42.0 Å². The van der Waals surface area contributed by atoms with Gasteiger partial charge in [-0.2, -0.15) is 0 Å². The summed E-state index contributed by atoms with van der Waals surface area (Å²) >= 11 is 0. The second kappa shape index (κ2) is 13.4. The van der Waals surface area contributed by atoms with Crippen molar-refractivity contribution in [3.8, 4) is 0 Å². The monoisotopic (exact) mass is 726 g/mol. The lowest BCUT2D eigenvalue weighted by atomic mass is 9.33. The molecule has 1 heterocycles. The molecule has 1 aromatic rings. The van der Waals surface area contributed by atoms with Gasteiger partial charge in [-0.05, 0) is 103 Å². The van der Waals surface area contributed by atoms with Crippen LogP contribution >= 0.6 is 0 Å². The third-order valence-corrected chi connectivity index (χ3v) is 16.4. The van der Waals surface area contributed by atoms with Crippen LogP contribution in [0.2, 0.25) is 0 Å². The summed E-state index contributed by atoms with van der Waals surface area (Å²) < 4.78 is 19.2. The molecule has 7 rings (SSSR count). The minimum Gasteiger partial charge on any atom is -0.481 e. The smallest absolute Gasteiger partial charge is 0.310 e. The molecule has 5 fully saturated rings. The molecule has 10 heteroatoms. The highest BCUT2D eigenvalue weighted by molar-refractivity contribution is 5.76. The molecule has 0 unspecified atom stereocenters. The molecule has 0 radical (unpaired) electrons. The molecule has 0 aromatic heterocycles. The van der Waals surface area contributed by atoms with E-state index in [1.54, 1.807) is 0 Å². The van der Waals surface area contributed by atoms with Crippen LogP contribution in [0.5, 0.6) is 0 Å². The van der Waals surface area contributed by atoms with Crippen LogP contribution in [0.4, 0.5) is 0 Å². The number of hydrogen-bond acceptors (Lipinski definition) is 9. The minimum atomic E-state index is -1.47.